The summed E-state index contributed by atoms with van der Waals surface area (Å²) in [6.45, 7) is 2.09. The molecule has 2 N–H and O–H groups in total. The summed E-state index contributed by atoms with van der Waals surface area (Å²) < 4.78 is 0. The molecule has 0 radical (unpaired) electrons. The van der Waals surface area contributed by atoms with Crippen molar-refractivity contribution in [2.75, 3.05) is 0 Å². The maximum atomic E-state index is 12.9. The molecule has 3 rings (SSSR count). The van der Waals surface area contributed by atoms with Crippen LogP contribution in [0.25, 0.3) is 0 Å². The van der Waals surface area contributed by atoms with E-state index in [1.807, 2.05) is 24.3 Å². The summed E-state index contributed by atoms with van der Waals surface area (Å²) in [6, 6.07) is 8.45. The van der Waals surface area contributed by atoms with Crippen molar-refractivity contribution in [3.63, 3.8) is 0 Å². The summed E-state index contributed by atoms with van der Waals surface area (Å²) in [5.41, 5.74) is 7.02. The maximum absolute atomic E-state index is 12.9. The first-order valence-corrected chi connectivity index (χ1v) is 8.28. The van der Waals surface area contributed by atoms with Crippen molar-refractivity contribution in [2.24, 2.45) is 11.7 Å². The van der Waals surface area contributed by atoms with Crippen molar-refractivity contribution < 1.29 is 4.79 Å². The summed E-state index contributed by atoms with van der Waals surface area (Å²) in [5, 5.41) is 0.742. The third-order valence-electron chi connectivity index (χ3n) is 4.79. The minimum Gasteiger partial charge on any atom is -0.333 e. The van der Waals surface area contributed by atoms with Crippen molar-refractivity contribution >= 4 is 17.5 Å². The standard InChI is InChI=1S/C17H23ClN2O/c1-11(15-4-2-3-5-16(15)18)20(14-8-9-14)17(21)12-6-7-13(19)10-12/h2-5,11-14H,6-10,19H2,1H3/t11-,12-,13-/m1/s1. The number of halogens is 1. The van der Waals surface area contributed by atoms with Crippen molar-refractivity contribution in [3.8, 4) is 0 Å². The highest BCUT2D eigenvalue weighted by atomic mass is 35.5. The Hall–Kier alpha value is -1.06. The summed E-state index contributed by atoms with van der Waals surface area (Å²) >= 11 is 6.32. The smallest absolute Gasteiger partial charge is 0.226 e. The zero-order valence-electron chi connectivity index (χ0n) is 12.5. The molecule has 2 aliphatic rings. The van der Waals surface area contributed by atoms with Gasteiger partial charge in [-0.25, -0.2) is 0 Å². The Morgan fingerprint density at radius 1 is 1.29 bits per heavy atom. The van der Waals surface area contributed by atoms with Gasteiger partial charge in [0, 0.05) is 23.0 Å². The van der Waals surface area contributed by atoms with Crippen molar-refractivity contribution in [1.82, 2.24) is 4.90 Å². The molecular formula is C17H23ClN2O. The lowest BCUT2D eigenvalue weighted by atomic mass is 10.0. The van der Waals surface area contributed by atoms with Crippen LogP contribution in [0.1, 0.15) is 50.6 Å². The van der Waals surface area contributed by atoms with Gasteiger partial charge in [-0.05, 0) is 50.7 Å². The average molecular weight is 307 g/mol. The monoisotopic (exact) mass is 306 g/mol. The van der Waals surface area contributed by atoms with E-state index in [9.17, 15) is 4.79 Å². The van der Waals surface area contributed by atoms with Crippen LogP contribution in [0.3, 0.4) is 0 Å². The largest absolute Gasteiger partial charge is 0.333 e. The van der Waals surface area contributed by atoms with E-state index < -0.39 is 0 Å². The van der Waals surface area contributed by atoms with Gasteiger partial charge >= 0.3 is 0 Å². The van der Waals surface area contributed by atoms with E-state index in [2.05, 4.69) is 11.8 Å². The molecule has 2 aliphatic carbocycles. The van der Waals surface area contributed by atoms with Crippen LogP contribution in [0.5, 0.6) is 0 Å². The van der Waals surface area contributed by atoms with Crippen LogP contribution in [0.2, 0.25) is 5.02 Å². The second-order valence-electron chi connectivity index (χ2n) is 6.44. The van der Waals surface area contributed by atoms with Gasteiger partial charge in [-0.2, -0.15) is 0 Å². The molecule has 0 saturated heterocycles. The molecule has 114 valence electrons. The molecule has 0 aromatic heterocycles. The van der Waals surface area contributed by atoms with Gasteiger partial charge < -0.3 is 10.6 Å². The molecule has 1 aromatic rings. The van der Waals surface area contributed by atoms with Crippen LogP contribution in [0.4, 0.5) is 0 Å². The summed E-state index contributed by atoms with van der Waals surface area (Å²) in [5.74, 6) is 0.378. The molecule has 2 saturated carbocycles. The number of nitrogens with two attached hydrogens (primary N) is 1. The van der Waals surface area contributed by atoms with Crippen LogP contribution in [-0.4, -0.2) is 22.9 Å². The molecule has 4 heteroatoms. The molecule has 21 heavy (non-hydrogen) atoms. The molecule has 1 aromatic carbocycles. The van der Waals surface area contributed by atoms with Gasteiger partial charge in [-0.3, -0.25) is 4.79 Å². The third-order valence-corrected chi connectivity index (χ3v) is 5.13. The predicted molar refractivity (Wildman–Crippen MR) is 85.1 cm³/mol. The minimum absolute atomic E-state index is 0.0375. The van der Waals surface area contributed by atoms with Crippen molar-refractivity contribution in [3.05, 3.63) is 34.9 Å². The van der Waals surface area contributed by atoms with E-state index in [1.165, 1.54) is 0 Å². The number of nitrogens with zero attached hydrogens (tertiary/aromatic N) is 1. The highest BCUT2D eigenvalue weighted by Crippen LogP contribution is 2.39. The van der Waals surface area contributed by atoms with E-state index in [4.69, 9.17) is 17.3 Å². The van der Waals surface area contributed by atoms with Crippen LogP contribution in [-0.2, 0) is 4.79 Å². The van der Waals surface area contributed by atoms with E-state index in [0.29, 0.717) is 6.04 Å². The normalized spacial score (nSPS) is 26.6. The Morgan fingerprint density at radius 2 is 2.00 bits per heavy atom. The van der Waals surface area contributed by atoms with Gasteiger partial charge in [0.25, 0.3) is 0 Å². The molecule has 0 bridgehead atoms. The fourth-order valence-corrected chi connectivity index (χ4v) is 3.75. The quantitative estimate of drug-likeness (QED) is 0.925. The van der Waals surface area contributed by atoms with E-state index >= 15 is 0 Å². The van der Waals surface area contributed by atoms with Gasteiger partial charge in [-0.1, -0.05) is 29.8 Å². The molecule has 0 unspecified atom stereocenters. The fraction of sp³-hybridized carbons (Fsp3) is 0.588. The lowest BCUT2D eigenvalue weighted by Crippen LogP contribution is -2.39. The zero-order chi connectivity index (χ0) is 15.0. The predicted octanol–water partition coefficient (Wildman–Crippen LogP) is 3.52. The number of amides is 1. The summed E-state index contributed by atoms with van der Waals surface area (Å²) in [7, 11) is 0. The second kappa shape index (κ2) is 5.98. The summed E-state index contributed by atoms with van der Waals surface area (Å²) in [4.78, 5) is 15.0. The third kappa shape index (κ3) is 3.09. The topological polar surface area (TPSA) is 46.3 Å². The molecule has 0 heterocycles. The SMILES string of the molecule is C[C@H](c1ccccc1Cl)N(C(=O)[C@@H]1CC[C@@H](N)C1)C1CC1. The number of carbonyl (C=O) groups excluding carboxylic acids is 1. The molecule has 1 amide bonds. The summed E-state index contributed by atoms with van der Waals surface area (Å²) in [6.07, 6.45) is 4.95. The Bertz CT molecular complexity index is 529. The van der Waals surface area contributed by atoms with Gasteiger partial charge in [0.2, 0.25) is 5.91 Å². The number of hydrogen-bond donors (Lipinski definition) is 1. The van der Waals surface area contributed by atoms with E-state index in [-0.39, 0.29) is 23.9 Å². The number of hydrogen-bond acceptors (Lipinski definition) is 2. The zero-order valence-corrected chi connectivity index (χ0v) is 13.2. The Morgan fingerprint density at radius 3 is 2.57 bits per heavy atom. The van der Waals surface area contributed by atoms with Crippen molar-refractivity contribution in [1.29, 1.82) is 0 Å². The van der Waals surface area contributed by atoms with Crippen molar-refractivity contribution in [2.45, 2.75) is 57.2 Å². The van der Waals surface area contributed by atoms with Crippen LogP contribution in [0, 0.1) is 5.92 Å². The van der Waals surface area contributed by atoms with Gasteiger partial charge in [0.05, 0.1) is 6.04 Å². The van der Waals surface area contributed by atoms with Gasteiger partial charge in [0.15, 0.2) is 0 Å². The first-order chi connectivity index (χ1) is 10.1. The van der Waals surface area contributed by atoms with Gasteiger partial charge in [0.1, 0.15) is 0 Å². The first kappa shape index (κ1) is 14.9. The van der Waals surface area contributed by atoms with E-state index in [1.54, 1.807) is 0 Å². The molecule has 0 aliphatic heterocycles. The fourth-order valence-electron chi connectivity index (χ4n) is 3.46. The highest BCUT2D eigenvalue weighted by Gasteiger charge is 2.41. The van der Waals surface area contributed by atoms with Crippen LogP contribution >= 0.6 is 11.6 Å². The first-order valence-electron chi connectivity index (χ1n) is 7.90. The van der Waals surface area contributed by atoms with Crippen LogP contribution < -0.4 is 5.73 Å². The van der Waals surface area contributed by atoms with Crippen LogP contribution in [0.15, 0.2) is 24.3 Å². The van der Waals surface area contributed by atoms with E-state index in [0.717, 1.165) is 42.7 Å². The average Bonchev–Trinajstić information content (AvgIpc) is 3.20. The highest BCUT2D eigenvalue weighted by molar-refractivity contribution is 6.31. The minimum atomic E-state index is 0.0375. The molecular weight excluding hydrogens is 284 g/mol. The lowest BCUT2D eigenvalue weighted by Gasteiger charge is -2.32. The second-order valence-corrected chi connectivity index (χ2v) is 6.85. The Balaban J connectivity index is 1.81. The lowest BCUT2D eigenvalue weighted by molar-refractivity contribution is -0.138. The molecule has 3 atom stereocenters. The maximum Gasteiger partial charge on any atom is 0.226 e. The number of carbonyl (C=O) groups is 1. The number of rotatable bonds is 4. The van der Waals surface area contributed by atoms with Gasteiger partial charge in [-0.15, -0.1) is 0 Å². The molecule has 2 fully saturated rings. The Kier molecular flexibility index (Phi) is 4.23. The molecule has 0 spiro atoms. The molecule has 3 nitrogen and oxygen atoms in total. The number of benzene rings is 1. The Labute approximate surface area is 131 Å².